The quantitative estimate of drug-likeness (QED) is 0.531. The maximum atomic E-state index is 8.99. The van der Waals surface area contributed by atoms with Crippen LogP contribution in [-0.2, 0) is 13.1 Å². The molecule has 1 aliphatic heterocycles. The van der Waals surface area contributed by atoms with Gasteiger partial charge in [-0.3, -0.25) is 0 Å². The lowest BCUT2D eigenvalue weighted by molar-refractivity contribution is -0.0978. The Hall–Kier alpha value is -0.520. The standard InChI is InChI=1S/C5H7N3OS/c9-7-1-4-2-8(10)6-5(4)3-7/h2,9-10H,1,3H2. The zero-order valence-electron chi connectivity index (χ0n) is 5.23. The van der Waals surface area contributed by atoms with E-state index in [9.17, 15) is 0 Å². The molecule has 0 spiro atoms. The maximum Gasteiger partial charge on any atom is 0.0845 e. The van der Waals surface area contributed by atoms with Crippen molar-refractivity contribution < 1.29 is 5.21 Å². The zero-order chi connectivity index (χ0) is 7.14. The van der Waals surface area contributed by atoms with Gasteiger partial charge in [-0.25, -0.2) is 4.09 Å². The molecule has 0 saturated carbocycles. The van der Waals surface area contributed by atoms with E-state index in [0.29, 0.717) is 13.1 Å². The largest absolute Gasteiger partial charge is 0.313 e. The van der Waals surface area contributed by atoms with E-state index in [1.165, 1.54) is 9.15 Å². The Morgan fingerprint density at radius 2 is 2.40 bits per heavy atom. The summed E-state index contributed by atoms with van der Waals surface area (Å²) in [5, 5.41) is 14.2. The molecule has 0 unspecified atom stereocenters. The van der Waals surface area contributed by atoms with Gasteiger partial charge in [-0.05, 0) is 12.8 Å². The van der Waals surface area contributed by atoms with Crippen LogP contribution >= 0.6 is 12.8 Å². The van der Waals surface area contributed by atoms with Crippen molar-refractivity contribution in [3.8, 4) is 0 Å². The predicted molar refractivity (Wildman–Crippen MR) is 37.6 cm³/mol. The molecular weight excluding hydrogens is 150 g/mol. The Morgan fingerprint density at radius 1 is 1.60 bits per heavy atom. The molecule has 2 heterocycles. The Bertz CT molecular complexity index is 236. The van der Waals surface area contributed by atoms with Crippen LogP contribution in [0.4, 0.5) is 0 Å². The highest BCUT2D eigenvalue weighted by atomic mass is 32.1. The molecule has 0 atom stereocenters. The molecule has 4 nitrogen and oxygen atoms in total. The molecule has 1 aromatic rings. The van der Waals surface area contributed by atoms with Gasteiger partial charge in [0.1, 0.15) is 0 Å². The van der Waals surface area contributed by atoms with Gasteiger partial charge in [0.05, 0.1) is 18.8 Å². The van der Waals surface area contributed by atoms with E-state index in [-0.39, 0.29) is 0 Å². The van der Waals surface area contributed by atoms with E-state index >= 15 is 0 Å². The molecule has 0 radical (unpaired) electrons. The minimum Gasteiger partial charge on any atom is -0.313 e. The van der Waals surface area contributed by atoms with E-state index < -0.39 is 0 Å². The molecule has 2 rings (SSSR count). The maximum absolute atomic E-state index is 8.99. The van der Waals surface area contributed by atoms with Crippen molar-refractivity contribution in [3.63, 3.8) is 0 Å². The van der Waals surface area contributed by atoms with E-state index in [1.54, 1.807) is 6.20 Å². The second-order valence-corrected chi connectivity index (χ2v) is 2.75. The number of hydrogen-bond acceptors (Lipinski definition) is 4. The lowest BCUT2D eigenvalue weighted by Crippen LogP contribution is -2.10. The van der Waals surface area contributed by atoms with Crippen LogP contribution in [0.1, 0.15) is 11.3 Å². The van der Waals surface area contributed by atoms with Crippen molar-refractivity contribution in [2.45, 2.75) is 13.1 Å². The summed E-state index contributed by atoms with van der Waals surface area (Å²) >= 11 is 4.00. The average Bonchev–Trinajstić information content (AvgIpc) is 2.21. The molecule has 0 bridgehead atoms. The number of hydrogen-bond donors (Lipinski definition) is 2. The first-order chi connectivity index (χ1) is 4.75. The van der Waals surface area contributed by atoms with Crippen molar-refractivity contribution >= 4 is 12.8 Å². The number of aromatic nitrogens is 2. The molecule has 54 valence electrons. The summed E-state index contributed by atoms with van der Waals surface area (Å²) < 4.78 is 1.47. The van der Waals surface area contributed by atoms with Crippen LogP contribution in [-0.4, -0.2) is 19.5 Å². The third-order valence-corrected chi connectivity index (χ3v) is 1.76. The van der Waals surface area contributed by atoms with E-state index in [4.69, 9.17) is 5.21 Å². The lowest BCUT2D eigenvalue weighted by atomic mass is 10.3. The summed E-state index contributed by atoms with van der Waals surface area (Å²) in [5.74, 6) is 0. The van der Waals surface area contributed by atoms with Crippen LogP contribution in [0.3, 0.4) is 0 Å². The Kier molecular flexibility index (Phi) is 1.23. The van der Waals surface area contributed by atoms with E-state index in [2.05, 4.69) is 17.9 Å². The summed E-state index contributed by atoms with van der Waals surface area (Å²) in [5.41, 5.74) is 1.97. The Morgan fingerprint density at radius 3 is 3.10 bits per heavy atom. The van der Waals surface area contributed by atoms with Crippen LogP contribution in [0.2, 0.25) is 0 Å². The summed E-state index contributed by atoms with van der Waals surface area (Å²) in [6.45, 7) is 1.08. The fourth-order valence-electron chi connectivity index (χ4n) is 1.12. The molecular formula is C5H7N3OS. The number of rotatable bonds is 0. The molecule has 0 aliphatic carbocycles. The molecule has 1 N–H and O–H groups in total. The lowest BCUT2D eigenvalue weighted by Gasteiger charge is -2.01. The van der Waals surface area contributed by atoms with Gasteiger partial charge < -0.3 is 5.21 Å². The molecule has 0 saturated heterocycles. The number of thiol groups is 1. The van der Waals surface area contributed by atoms with Gasteiger partial charge in [-0.2, -0.15) is 10.2 Å². The van der Waals surface area contributed by atoms with Crippen molar-refractivity contribution in [1.29, 1.82) is 0 Å². The molecule has 1 aliphatic rings. The van der Waals surface area contributed by atoms with Crippen LogP contribution in [0.15, 0.2) is 6.20 Å². The van der Waals surface area contributed by atoms with Crippen LogP contribution in [0.5, 0.6) is 0 Å². The zero-order valence-corrected chi connectivity index (χ0v) is 6.12. The van der Waals surface area contributed by atoms with Gasteiger partial charge in [0, 0.05) is 11.8 Å². The third kappa shape index (κ3) is 0.828. The van der Waals surface area contributed by atoms with E-state index in [1.807, 2.05) is 0 Å². The first kappa shape index (κ1) is 6.21. The molecule has 0 amide bonds. The van der Waals surface area contributed by atoms with Gasteiger partial charge >= 0.3 is 0 Å². The second-order valence-electron chi connectivity index (χ2n) is 2.34. The topological polar surface area (TPSA) is 41.3 Å². The minimum atomic E-state index is 0.517. The summed E-state index contributed by atoms with van der Waals surface area (Å²) in [6.07, 6.45) is 1.80. The second kappa shape index (κ2) is 1.98. The Balaban J connectivity index is 2.39. The first-order valence-electron chi connectivity index (χ1n) is 2.96. The van der Waals surface area contributed by atoms with Gasteiger partial charge in [-0.1, -0.05) is 0 Å². The third-order valence-electron chi connectivity index (χ3n) is 1.55. The fourth-order valence-corrected chi connectivity index (χ4v) is 1.37. The van der Waals surface area contributed by atoms with Gasteiger partial charge in [0.2, 0.25) is 0 Å². The average molecular weight is 157 g/mol. The van der Waals surface area contributed by atoms with Gasteiger partial charge in [0.15, 0.2) is 0 Å². The first-order valence-corrected chi connectivity index (χ1v) is 3.36. The van der Waals surface area contributed by atoms with Crippen LogP contribution < -0.4 is 0 Å². The highest BCUT2D eigenvalue weighted by Crippen LogP contribution is 2.18. The molecule has 0 aromatic carbocycles. The Labute approximate surface area is 63.6 Å². The molecule has 1 aromatic heterocycles. The van der Waals surface area contributed by atoms with Crippen LogP contribution in [0.25, 0.3) is 0 Å². The molecule has 0 fully saturated rings. The molecule has 10 heavy (non-hydrogen) atoms. The summed E-state index contributed by atoms with van der Waals surface area (Å²) in [7, 11) is 0. The van der Waals surface area contributed by atoms with Crippen molar-refractivity contribution in [2.24, 2.45) is 0 Å². The van der Waals surface area contributed by atoms with Crippen LogP contribution in [0, 0.1) is 0 Å². The summed E-state index contributed by atoms with van der Waals surface area (Å²) in [4.78, 5) is 0. The van der Waals surface area contributed by atoms with Crippen molar-refractivity contribution in [3.05, 3.63) is 17.5 Å². The minimum absolute atomic E-state index is 0.517. The smallest absolute Gasteiger partial charge is 0.0845 e. The number of nitrogens with zero attached hydrogens (tertiary/aromatic N) is 3. The van der Waals surface area contributed by atoms with Gasteiger partial charge in [0.25, 0.3) is 0 Å². The van der Waals surface area contributed by atoms with Crippen molar-refractivity contribution in [2.75, 3.05) is 0 Å². The number of fused-ring (bicyclic) bond motifs is 1. The predicted octanol–water partition coefficient (Wildman–Crippen LogP) is 0.281. The monoisotopic (exact) mass is 157 g/mol. The fraction of sp³-hybridized carbons (Fsp3) is 0.400. The normalized spacial score (nSPS) is 17.8. The van der Waals surface area contributed by atoms with Gasteiger partial charge in [-0.15, -0.1) is 0 Å². The summed E-state index contributed by atoms with van der Waals surface area (Å²) in [6, 6.07) is 0. The van der Waals surface area contributed by atoms with E-state index in [0.717, 1.165) is 11.3 Å². The number of hydroxylamine groups is 2. The SMILES string of the molecule is ON1Cc2cn(S)nc2C1. The van der Waals surface area contributed by atoms with Crippen molar-refractivity contribution in [1.82, 2.24) is 14.2 Å². The highest BCUT2D eigenvalue weighted by molar-refractivity contribution is 7.78. The highest BCUT2D eigenvalue weighted by Gasteiger charge is 2.19. The molecule has 5 heteroatoms.